The second-order valence-corrected chi connectivity index (χ2v) is 20.3. The fraction of sp³-hybridized carbons (Fsp3) is 0.167. The Kier molecular flexibility index (Phi) is 7.88. The second-order valence-electron chi connectivity index (χ2n) is 20.3. The van der Waals surface area contributed by atoms with Crippen molar-refractivity contribution in [2.45, 2.75) is 64.7 Å². The molecule has 0 fully saturated rings. The molecule has 0 bridgehead atoms. The van der Waals surface area contributed by atoms with Crippen molar-refractivity contribution in [1.29, 1.82) is 0 Å². The highest BCUT2D eigenvalue weighted by molar-refractivity contribution is 6.15. The number of imidazole rings is 1. The van der Waals surface area contributed by atoms with Crippen LogP contribution in [0.2, 0.25) is 0 Å². The largest absolute Gasteiger partial charge is 0.457 e. The lowest BCUT2D eigenvalue weighted by Gasteiger charge is -2.46. The van der Waals surface area contributed by atoms with Crippen LogP contribution in [-0.4, -0.2) is 23.5 Å². The van der Waals surface area contributed by atoms with Gasteiger partial charge in [0.15, 0.2) is 0 Å². The van der Waals surface area contributed by atoms with Crippen molar-refractivity contribution in [3.8, 4) is 34.3 Å². The van der Waals surface area contributed by atoms with Crippen molar-refractivity contribution in [1.82, 2.24) is 23.5 Å². The number of nitrogens with zero attached hydrogens (tertiary/aromatic N) is 5. The molecular formula is C60H49N5O. The predicted octanol–water partition coefficient (Wildman–Crippen LogP) is 15.6. The predicted molar refractivity (Wildman–Crippen MR) is 273 cm³/mol. The van der Waals surface area contributed by atoms with E-state index < -0.39 is 0 Å². The Labute approximate surface area is 383 Å². The Morgan fingerprint density at radius 3 is 1.89 bits per heavy atom. The first-order chi connectivity index (χ1) is 31.9. The van der Waals surface area contributed by atoms with E-state index in [2.05, 4.69) is 226 Å². The van der Waals surface area contributed by atoms with Crippen LogP contribution in [0.3, 0.4) is 0 Å². The smallest absolute Gasteiger partial charge is 0.146 e. The van der Waals surface area contributed by atoms with E-state index in [4.69, 9.17) is 14.7 Å². The van der Waals surface area contributed by atoms with Gasteiger partial charge in [-0.05, 0) is 94.7 Å². The zero-order valence-corrected chi connectivity index (χ0v) is 38.3. The first-order valence-electron chi connectivity index (χ1n) is 23.1. The van der Waals surface area contributed by atoms with Gasteiger partial charge in [-0.15, -0.1) is 0 Å². The summed E-state index contributed by atoms with van der Waals surface area (Å²) in [6.45, 7) is 16.3. The fourth-order valence-electron chi connectivity index (χ4n) is 11.1. The van der Waals surface area contributed by atoms with Gasteiger partial charge in [-0.3, -0.25) is 8.97 Å². The Balaban J connectivity index is 1.01. The Bertz CT molecular complexity index is 3950. The maximum absolute atomic E-state index is 6.96. The lowest BCUT2D eigenvalue weighted by molar-refractivity contribution is 0.289. The molecule has 0 saturated carbocycles. The van der Waals surface area contributed by atoms with Crippen molar-refractivity contribution in [3.63, 3.8) is 0 Å². The molecule has 6 nitrogen and oxygen atoms in total. The van der Waals surface area contributed by atoms with Crippen LogP contribution in [0.4, 0.5) is 0 Å². The van der Waals surface area contributed by atoms with Gasteiger partial charge < -0.3 is 9.30 Å². The maximum atomic E-state index is 6.96. The Morgan fingerprint density at radius 1 is 0.500 bits per heavy atom. The van der Waals surface area contributed by atoms with Gasteiger partial charge in [0, 0.05) is 66.7 Å². The van der Waals surface area contributed by atoms with Gasteiger partial charge in [0.1, 0.15) is 23.0 Å². The van der Waals surface area contributed by atoms with Crippen LogP contribution in [-0.2, 0) is 16.2 Å². The molecule has 320 valence electrons. The number of pyridine rings is 2. The van der Waals surface area contributed by atoms with Crippen molar-refractivity contribution < 1.29 is 4.74 Å². The number of para-hydroxylation sites is 3. The number of ether oxygens (including phenoxy) is 1. The molecule has 0 amide bonds. The summed E-state index contributed by atoms with van der Waals surface area (Å²) in [4.78, 5) is 10.6. The third kappa shape index (κ3) is 5.30. The third-order valence-corrected chi connectivity index (χ3v) is 15.2. The van der Waals surface area contributed by atoms with E-state index in [0.29, 0.717) is 0 Å². The minimum Gasteiger partial charge on any atom is -0.457 e. The monoisotopic (exact) mass is 855 g/mol. The molecule has 0 unspecified atom stereocenters. The fourth-order valence-corrected chi connectivity index (χ4v) is 11.1. The number of fused-ring (bicyclic) bond motifs is 9. The zero-order valence-electron chi connectivity index (χ0n) is 38.3. The van der Waals surface area contributed by atoms with Gasteiger partial charge in [-0.2, -0.15) is 0 Å². The standard InChI is InChI=1S/C60H49N5O/c1-58(2,3)37-30-31-61-53(32-37)64-51-29-24-38(63-49-22-13-11-18-42(49)43-19-12-14-23-50(43)63)33-46(51)44-28-26-40(35-52(44)64)66-39-25-27-41-45-20-15-21-48-55(45)65-56(60(6,7)59(48,4)5)54(36-16-9-8-10-17-36)62-57(65)47(41)34-39/h8-35H,1-7H3. The number of hydrogen-bond donors (Lipinski definition) is 0. The lowest BCUT2D eigenvalue weighted by atomic mass is 9.60. The van der Waals surface area contributed by atoms with E-state index in [1.165, 1.54) is 49.5 Å². The van der Waals surface area contributed by atoms with E-state index in [0.717, 1.165) is 72.5 Å². The molecular weight excluding hydrogens is 807 g/mol. The minimum absolute atomic E-state index is 0.0507. The number of benzene rings is 7. The summed E-state index contributed by atoms with van der Waals surface area (Å²) in [5, 5.41) is 8.21. The Hall–Kier alpha value is -7.70. The van der Waals surface area contributed by atoms with Crippen LogP contribution in [0.15, 0.2) is 170 Å². The van der Waals surface area contributed by atoms with Crippen molar-refractivity contribution in [2.24, 2.45) is 0 Å². The molecule has 0 aliphatic carbocycles. The van der Waals surface area contributed by atoms with E-state index in [9.17, 15) is 0 Å². The van der Waals surface area contributed by atoms with Crippen LogP contribution in [0, 0.1) is 0 Å². The van der Waals surface area contributed by atoms with Crippen molar-refractivity contribution in [2.75, 3.05) is 0 Å². The normalized spacial score (nSPS) is 14.5. The van der Waals surface area contributed by atoms with Gasteiger partial charge in [0.2, 0.25) is 0 Å². The van der Waals surface area contributed by atoms with Gasteiger partial charge in [-0.1, -0.05) is 133 Å². The molecule has 0 N–H and O–H groups in total. The average Bonchev–Trinajstić information content (AvgIpc) is 4.00. The molecule has 0 saturated heterocycles. The highest BCUT2D eigenvalue weighted by atomic mass is 16.5. The first kappa shape index (κ1) is 38.7. The van der Waals surface area contributed by atoms with Crippen LogP contribution in [0.1, 0.15) is 65.3 Å². The van der Waals surface area contributed by atoms with Crippen LogP contribution < -0.4 is 4.74 Å². The van der Waals surface area contributed by atoms with E-state index in [-0.39, 0.29) is 16.2 Å². The average molecular weight is 856 g/mol. The molecule has 13 rings (SSSR count). The van der Waals surface area contributed by atoms with Crippen molar-refractivity contribution >= 4 is 70.9 Å². The van der Waals surface area contributed by atoms with E-state index in [1.54, 1.807) is 0 Å². The van der Waals surface area contributed by atoms with E-state index in [1.807, 2.05) is 6.20 Å². The summed E-state index contributed by atoms with van der Waals surface area (Å²) in [6, 6.07) is 59.1. The molecule has 0 atom stereocenters. The molecule has 0 radical (unpaired) electrons. The van der Waals surface area contributed by atoms with Crippen LogP contribution in [0.25, 0.3) is 93.7 Å². The lowest BCUT2D eigenvalue weighted by Crippen LogP contribution is -2.44. The van der Waals surface area contributed by atoms with Crippen LogP contribution in [0.5, 0.6) is 11.5 Å². The molecule has 1 aliphatic heterocycles. The van der Waals surface area contributed by atoms with Crippen molar-refractivity contribution in [3.05, 3.63) is 187 Å². The van der Waals surface area contributed by atoms with Gasteiger partial charge in [-0.25, -0.2) is 9.97 Å². The zero-order chi connectivity index (χ0) is 44.9. The van der Waals surface area contributed by atoms with E-state index >= 15 is 0 Å². The quantitative estimate of drug-likeness (QED) is 0.162. The first-order valence-corrected chi connectivity index (χ1v) is 23.1. The molecule has 7 aromatic carbocycles. The SMILES string of the molecule is CC(C)(C)c1ccnc(-n2c3ccc(-n4c5ccccc5c5ccccc54)cc3c3ccc(Oc4ccc5c(c4)c4nc(-c6ccccc6)c6n4c4c(cccc54)C(C)(C)C6(C)C)cc32)c1. The molecule has 5 aromatic heterocycles. The second kappa shape index (κ2) is 13.4. The maximum Gasteiger partial charge on any atom is 0.146 e. The third-order valence-electron chi connectivity index (χ3n) is 15.2. The van der Waals surface area contributed by atoms with Crippen LogP contribution >= 0.6 is 0 Å². The summed E-state index contributed by atoms with van der Waals surface area (Å²) in [5.74, 6) is 2.38. The minimum atomic E-state index is -0.222. The summed E-state index contributed by atoms with van der Waals surface area (Å²) in [5.41, 5.74) is 13.3. The molecule has 0 spiro atoms. The van der Waals surface area contributed by atoms with Gasteiger partial charge >= 0.3 is 0 Å². The molecule has 6 heterocycles. The summed E-state index contributed by atoms with van der Waals surface area (Å²) >= 11 is 0. The van der Waals surface area contributed by atoms with Gasteiger partial charge in [0.05, 0.1) is 39.0 Å². The highest BCUT2D eigenvalue weighted by Crippen LogP contribution is 2.54. The molecule has 66 heavy (non-hydrogen) atoms. The number of rotatable bonds is 5. The molecule has 6 heteroatoms. The Morgan fingerprint density at radius 2 is 1.15 bits per heavy atom. The summed E-state index contributed by atoms with van der Waals surface area (Å²) in [7, 11) is 0. The van der Waals surface area contributed by atoms with Gasteiger partial charge in [0.25, 0.3) is 0 Å². The highest BCUT2D eigenvalue weighted by Gasteiger charge is 2.48. The number of aromatic nitrogens is 5. The molecule has 1 aliphatic rings. The topological polar surface area (TPSA) is 49.3 Å². The summed E-state index contributed by atoms with van der Waals surface area (Å²) < 4.78 is 14.1. The molecule has 12 aromatic rings. The summed E-state index contributed by atoms with van der Waals surface area (Å²) in [6.07, 6.45) is 1.94. The number of hydrogen-bond acceptors (Lipinski definition) is 3.